The summed E-state index contributed by atoms with van der Waals surface area (Å²) in [7, 11) is 0. The number of ether oxygens (including phenoxy) is 4. The SMILES string of the molecule is CCCCCC(/C=C/C1CCC2(OCC(C)(C)CO2)C1C(C)C=O)OC1CCCCO1. The van der Waals surface area contributed by atoms with Gasteiger partial charge >= 0.3 is 0 Å². The predicted molar refractivity (Wildman–Crippen MR) is 122 cm³/mol. The monoisotopic (exact) mass is 436 g/mol. The van der Waals surface area contributed by atoms with Crippen molar-refractivity contribution in [1.82, 2.24) is 0 Å². The van der Waals surface area contributed by atoms with E-state index >= 15 is 0 Å². The van der Waals surface area contributed by atoms with Gasteiger partial charge in [0.2, 0.25) is 0 Å². The van der Waals surface area contributed by atoms with Crippen LogP contribution in [0.3, 0.4) is 0 Å². The fourth-order valence-corrected chi connectivity index (χ4v) is 5.27. The summed E-state index contributed by atoms with van der Waals surface area (Å²) >= 11 is 0. The molecule has 1 spiro atoms. The first kappa shape index (κ1) is 24.9. The zero-order chi connectivity index (χ0) is 22.3. The third-order valence-corrected chi connectivity index (χ3v) is 7.12. The molecule has 5 unspecified atom stereocenters. The summed E-state index contributed by atoms with van der Waals surface area (Å²) in [5, 5.41) is 0. The van der Waals surface area contributed by atoms with Gasteiger partial charge in [-0.15, -0.1) is 0 Å². The summed E-state index contributed by atoms with van der Waals surface area (Å²) in [6.45, 7) is 10.7. The van der Waals surface area contributed by atoms with Crippen molar-refractivity contribution in [3.05, 3.63) is 12.2 Å². The summed E-state index contributed by atoms with van der Waals surface area (Å²) in [5.41, 5.74) is 0.0202. The standard InChI is InChI=1S/C26H44O5/c1-5-6-7-10-22(31-23-11-8-9-16-28-23)13-12-21-14-15-26(24(21)20(2)17-27)29-18-25(3,4)19-30-26/h12-13,17,20-24H,5-11,14-16,18-19H2,1-4H3/b13-12+. The van der Waals surface area contributed by atoms with Gasteiger partial charge < -0.3 is 23.7 Å². The highest BCUT2D eigenvalue weighted by Crippen LogP contribution is 2.50. The van der Waals surface area contributed by atoms with Crippen molar-refractivity contribution in [1.29, 1.82) is 0 Å². The van der Waals surface area contributed by atoms with Crippen molar-refractivity contribution >= 4 is 6.29 Å². The fourth-order valence-electron chi connectivity index (χ4n) is 5.27. The second kappa shape index (κ2) is 11.4. The lowest BCUT2D eigenvalue weighted by Gasteiger charge is -2.46. The highest BCUT2D eigenvalue weighted by Gasteiger charge is 2.54. The second-order valence-corrected chi connectivity index (χ2v) is 10.6. The molecule has 0 radical (unpaired) electrons. The predicted octanol–water partition coefficient (Wildman–Crippen LogP) is 5.67. The maximum absolute atomic E-state index is 11.8. The minimum Gasteiger partial charge on any atom is -0.353 e. The van der Waals surface area contributed by atoms with E-state index in [4.69, 9.17) is 18.9 Å². The molecule has 0 aromatic heterocycles. The molecule has 0 bridgehead atoms. The molecular weight excluding hydrogens is 392 g/mol. The summed E-state index contributed by atoms with van der Waals surface area (Å²) in [5.74, 6) is -0.444. The van der Waals surface area contributed by atoms with Gasteiger partial charge in [0, 0.05) is 30.3 Å². The number of hydrogen-bond acceptors (Lipinski definition) is 5. The van der Waals surface area contributed by atoms with Gasteiger partial charge in [-0.2, -0.15) is 0 Å². The van der Waals surface area contributed by atoms with Crippen LogP contribution in [0.5, 0.6) is 0 Å². The van der Waals surface area contributed by atoms with Crippen LogP contribution in [-0.4, -0.2) is 44.3 Å². The van der Waals surface area contributed by atoms with Crippen LogP contribution < -0.4 is 0 Å². The molecule has 2 heterocycles. The maximum Gasteiger partial charge on any atom is 0.172 e. The second-order valence-electron chi connectivity index (χ2n) is 10.6. The van der Waals surface area contributed by atoms with Crippen LogP contribution >= 0.6 is 0 Å². The lowest BCUT2D eigenvalue weighted by atomic mass is 9.81. The van der Waals surface area contributed by atoms with Crippen LogP contribution in [0.15, 0.2) is 12.2 Å². The molecule has 0 amide bonds. The molecule has 2 saturated heterocycles. The molecule has 5 atom stereocenters. The average molecular weight is 437 g/mol. The number of carbonyl (C=O) groups is 1. The van der Waals surface area contributed by atoms with Crippen LogP contribution in [0.2, 0.25) is 0 Å². The van der Waals surface area contributed by atoms with Crippen LogP contribution in [0.25, 0.3) is 0 Å². The summed E-state index contributed by atoms with van der Waals surface area (Å²) in [6.07, 6.45) is 15.2. The Morgan fingerprint density at radius 1 is 1.13 bits per heavy atom. The topological polar surface area (TPSA) is 54.0 Å². The van der Waals surface area contributed by atoms with Crippen molar-refractivity contribution in [2.24, 2.45) is 23.2 Å². The Balaban J connectivity index is 1.69. The molecule has 5 nitrogen and oxygen atoms in total. The van der Waals surface area contributed by atoms with E-state index in [0.717, 1.165) is 51.4 Å². The van der Waals surface area contributed by atoms with Crippen LogP contribution in [-0.2, 0) is 23.7 Å². The van der Waals surface area contributed by atoms with Gasteiger partial charge in [-0.05, 0) is 38.0 Å². The normalized spacial score (nSPS) is 32.3. The summed E-state index contributed by atoms with van der Waals surface area (Å²) < 4.78 is 24.9. The smallest absolute Gasteiger partial charge is 0.172 e. The van der Waals surface area contributed by atoms with Crippen molar-refractivity contribution in [2.75, 3.05) is 19.8 Å². The van der Waals surface area contributed by atoms with E-state index in [9.17, 15) is 4.79 Å². The third kappa shape index (κ3) is 6.63. The molecule has 3 rings (SSSR count). The van der Waals surface area contributed by atoms with E-state index in [1.165, 1.54) is 19.3 Å². The molecule has 0 aromatic rings. The van der Waals surface area contributed by atoms with Gasteiger partial charge in [-0.1, -0.05) is 59.1 Å². The number of hydrogen-bond donors (Lipinski definition) is 0. The third-order valence-electron chi connectivity index (χ3n) is 7.12. The van der Waals surface area contributed by atoms with Crippen molar-refractivity contribution in [3.8, 4) is 0 Å². The van der Waals surface area contributed by atoms with E-state index in [1.54, 1.807) is 0 Å². The quantitative estimate of drug-likeness (QED) is 0.251. The molecule has 3 fully saturated rings. The first-order valence-electron chi connectivity index (χ1n) is 12.6. The molecule has 5 heteroatoms. The van der Waals surface area contributed by atoms with Gasteiger partial charge in [0.15, 0.2) is 12.1 Å². The lowest BCUT2D eigenvalue weighted by Crippen LogP contribution is -2.52. The molecule has 31 heavy (non-hydrogen) atoms. The molecule has 0 aromatic carbocycles. The minimum atomic E-state index is -0.629. The van der Waals surface area contributed by atoms with Gasteiger partial charge in [0.1, 0.15) is 6.29 Å². The van der Waals surface area contributed by atoms with Crippen LogP contribution in [0, 0.1) is 23.2 Å². The number of carbonyl (C=O) groups excluding carboxylic acids is 1. The van der Waals surface area contributed by atoms with Gasteiger partial charge in [-0.3, -0.25) is 0 Å². The Kier molecular flexibility index (Phi) is 9.15. The van der Waals surface area contributed by atoms with E-state index in [0.29, 0.717) is 13.2 Å². The van der Waals surface area contributed by atoms with Crippen molar-refractivity contribution in [2.45, 2.75) is 104 Å². The van der Waals surface area contributed by atoms with Crippen LogP contribution in [0.4, 0.5) is 0 Å². The average Bonchev–Trinajstić information content (AvgIpc) is 3.13. The van der Waals surface area contributed by atoms with Gasteiger partial charge in [0.05, 0.1) is 19.3 Å². The van der Waals surface area contributed by atoms with Crippen molar-refractivity contribution in [3.63, 3.8) is 0 Å². The lowest BCUT2D eigenvalue weighted by molar-refractivity contribution is -0.319. The van der Waals surface area contributed by atoms with E-state index in [1.807, 2.05) is 6.92 Å². The molecule has 1 aliphatic carbocycles. The first-order chi connectivity index (χ1) is 14.9. The Hall–Kier alpha value is -0.750. The number of allylic oxidation sites excluding steroid dienone is 1. The number of aldehydes is 1. The summed E-state index contributed by atoms with van der Waals surface area (Å²) in [4.78, 5) is 11.8. The van der Waals surface area contributed by atoms with Crippen molar-refractivity contribution < 1.29 is 23.7 Å². The Morgan fingerprint density at radius 3 is 2.55 bits per heavy atom. The highest BCUT2D eigenvalue weighted by atomic mass is 16.7. The van der Waals surface area contributed by atoms with E-state index < -0.39 is 5.79 Å². The zero-order valence-corrected chi connectivity index (χ0v) is 20.1. The Morgan fingerprint density at radius 2 is 1.90 bits per heavy atom. The van der Waals surface area contributed by atoms with Gasteiger partial charge in [-0.25, -0.2) is 0 Å². The number of unbranched alkanes of at least 4 members (excludes halogenated alkanes) is 2. The highest BCUT2D eigenvalue weighted by molar-refractivity contribution is 5.54. The molecule has 2 aliphatic heterocycles. The molecule has 3 aliphatic rings. The number of rotatable bonds is 10. The molecule has 0 N–H and O–H groups in total. The zero-order valence-electron chi connectivity index (χ0n) is 20.1. The Bertz CT molecular complexity index is 570. The first-order valence-corrected chi connectivity index (χ1v) is 12.6. The molecule has 178 valence electrons. The van der Waals surface area contributed by atoms with Gasteiger partial charge in [0.25, 0.3) is 0 Å². The largest absolute Gasteiger partial charge is 0.353 e. The molecule has 1 saturated carbocycles. The molecular formula is C26H44O5. The van der Waals surface area contributed by atoms with Crippen LogP contribution in [0.1, 0.15) is 85.5 Å². The minimum absolute atomic E-state index is 0.0202. The summed E-state index contributed by atoms with van der Waals surface area (Å²) in [6, 6.07) is 0. The maximum atomic E-state index is 11.8. The van der Waals surface area contributed by atoms with E-state index in [2.05, 4.69) is 32.9 Å². The fraction of sp³-hybridized carbons (Fsp3) is 0.885. The van der Waals surface area contributed by atoms with E-state index in [-0.39, 0.29) is 35.6 Å². The Labute approximate surface area is 189 Å².